The van der Waals surface area contributed by atoms with Crippen LogP contribution in [0.5, 0.6) is 0 Å². The Labute approximate surface area is 186 Å². The van der Waals surface area contributed by atoms with Gasteiger partial charge in [-0.05, 0) is 29.5 Å². The molecule has 162 valence electrons. The Morgan fingerprint density at radius 3 is 2.74 bits per heavy atom. The van der Waals surface area contributed by atoms with E-state index in [0.29, 0.717) is 26.1 Å². The van der Waals surface area contributed by atoms with E-state index in [2.05, 4.69) is 17.4 Å². The fourth-order valence-corrected chi connectivity index (χ4v) is 5.75. The molecule has 3 aromatic rings. The minimum absolute atomic E-state index is 0.194. The molecule has 1 aliphatic rings. The van der Waals surface area contributed by atoms with Crippen LogP contribution in [0.15, 0.2) is 60.1 Å². The lowest BCUT2D eigenvalue weighted by Gasteiger charge is -2.13. The number of rotatable bonds is 8. The summed E-state index contributed by atoms with van der Waals surface area (Å²) in [6.45, 7) is 1.76. The largest absolute Gasteiger partial charge is 0.351 e. The van der Waals surface area contributed by atoms with E-state index in [-0.39, 0.29) is 18.2 Å². The highest BCUT2D eigenvalue weighted by molar-refractivity contribution is 7.89. The van der Waals surface area contributed by atoms with E-state index in [0.717, 1.165) is 21.7 Å². The summed E-state index contributed by atoms with van der Waals surface area (Å²) in [5.41, 5.74) is 2.83. The predicted molar refractivity (Wildman–Crippen MR) is 123 cm³/mol. The first kappa shape index (κ1) is 21.5. The summed E-state index contributed by atoms with van der Waals surface area (Å²) in [6.07, 6.45) is 5.81. The van der Waals surface area contributed by atoms with Crippen LogP contribution in [0.1, 0.15) is 17.5 Å². The van der Waals surface area contributed by atoms with Gasteiger partial charge in [0.15, 0.2) is 0 Å². The summed E-state index contributed by atoms with van der Waals surface area (Å²) >= 11 is 1.60. The van der Waals surface area contributed by atoms with Crippen LogP contribution in [0.4, 0.5) is 0 Å². The van der Waals surface area contributed by atoms with Crippen molar-refractivity contribution in [1.82, 2.24) is 19.4 Å². The minimum Gasteiger partial charge on any atom is -0.351 e. The van der Waals surface area contributed by atoms with Crippen LogP contribution in [-0.2, 0) is 21.4 Å². The first-order chi connectivity index (χ1) is 15.0. The Morgan fingerprint density at radius 2 is 2.03 bits per heavy atom. The maximum atomic E-state index is 12.3. The zero-order valence-electron chi connectivity index (χ0n) is 17.0. The van der Waals surface area contributed by atoms with Crippen molar-refractivity contribution in [2.24, 2.45) is 0 Å². The van der Waals surface area contributed by atoms with Crippen LogP contribution in [0.25, 0.3) is 16.6 Å². The molecule has 2 aromatic heterocycles. The topological polar surface area (TPSA) is 84.3 Å². The van der Waals surface area contributed by atoms with E-state index in [4.69, 9.17) is 5.10 Å². The van der Waals surface area contributed by atoms with Gasteiger partial charge in [0.1, 0.15) is 5.69 Å². The van der Waals surface area contributed by atoms with E-state index in [1.54, 1.807) is 17.4 Å². The lowest BCUT2D eigenvalue weighted by molar-refractivity contribution is -0.116. The van der Waals surface area contributed by atoms with Gasteiger partial charge >= 0.3 is 0 Å². The zero-order chi connectivity index (χ0) is 21.7. The van der Waals surface area contributed by atoms with Crippen molar-refractivity contribution in [3.05, 3.63) is 71.2 Å². The molecule has 4 rings (SSSR count). The molecule has 0 spiro atoms. The van der Waals surface area contributed by atoms with Crippen molar-refractivity contribution in [1.29, 1.82) is 0 Å². The molecule has 1 fully saturated rings. The number of aromatic nitrogens is 2. The van der Waals surface area contributed by atoms with Crippen LogP contribution in [0.2, 0.25) is 0 Å². The molecule has 1 aliphatic heterocycles. The molecule has 0 bridgehead atoms. The minimum atomic E-state index is -3.14. The molecule has 0 saturated carbocycles. The molecule has 0 aliphatic carbocycles. The highest BCUT2D eigenvalue weighted by Gasteiger charge is 2.27. The van der Waals surface area contributed by atoms with Gasteiger partial charge < -0.3 is 5.32 Å². The second-order valence-electron chi connectivity index (χ2n) is 7.29. The van der Waals surface area contributed by atoms with Gasteiger partial charge in [-0.15, -0.1) is 11.3 Å². The molecule has 1 amide bonds. The fraction of sp³-hybridized carbons (Fsp3) is 0.273. The van der Waals surface area contributed by atoms with Gasteiger partial charge in [-0.25, -0.2) is 12.7 Å². The lowest BCUT2D eigenvalue weighted by Crippen LogP contribution is -2.35. The quantitative estimate of drug-likeness (QED) is 0.528. The maximum absolute atomic E-state index is 12.3. The number of thiophene rings is 1. The van der Waals surface area contributed by atoms with Crippen LogP contribution in [0.3, 0.4) is 0 Å². The van der Waals surface area contributed by atoms with E-state index in [1.165, 1.54) is 10.4 Å². The lowest BCUT2D eigenvalue weighted by atomic mass is 10.2. The molecule has 1 aromatic carbocycles. The number of carbonyl (C=O) groups excluding carboxylic acids is 1. The predicted octanol–water partition coefficient (Wildman–Crippen LogP) is 2.82. The number of nitrogens with zero attached hydrogens (tertiary/aromatic N) is 3. The van der Waals surface area contributed by atoms with Gasteiger partial charge in [-0.2, -0.15) is 5.10 Å². The summed E-state index contributed by atoms with van der Waals surface area (Å²) in [7, 11) is -3.14. The molecule has 0 radical (unpaired) electrons. The van der Waals surface area contributed by atoms with Crippen molar-refractivity contribution in [2.45, 2.75) is 13.0 Å². The van der Waals surface area contributed by atoms with Gasteiger partial charge in [-0.1, -0.05) is 36.4 Å². The fourth-order valence-electron chi connectivity index (χ4n) is 3.49. The SMILES string of the molecule is O=C(/C=C/c1cn(Cc2ccccc2)nc1-c1cccs1)NCCN1CCCS1(=O)=O. The average molecular weight is 457 g/mol. The van der Waals surface area contributed by atoms with Crippen molar-refractivity contribution in [3.63, 3.8) is 0 Å². The second-order valence-corrected chi connectivity index (χ2v) is 10.3. The molecule has 9 heteroatoms. The number of benzene rings is 1. The standard InChI is InChI=1S/C22H24N4O3S2/c27-21(23-11-13-26-12-5-15-31(26,28)29)10-9-19-17-25(16-18-6-2-1-3-7-18)24-22(19)20-8-4-14-30-20/h1-4,6-10,14,17H,5,11-13,15-16H2,(H,23,27)/b10-9+. The first-order valence-corrected chi connectivity index (χ1v) is 12.6. The highest BCUT2D eigenvalue weighted by Crippen LogP contribution is 2.27. The average Bonchev–Trinajstić information content (AvgIpc) is 3.48. The van der Waals surface area contributed by atoms with Crippen molar-refractivity contribution < 1.29 is 13.2 Å². The van der Waals surface area contributed by atoms with E-state index >= 15 is 0 Å². The monoisotopic (exact) mass is 456 g/mol. The van der Waals surface area contributed by atoms with E-state index in [9.17, 15) is 13.2 Å². The third kappa shape index (κ3) is 5.49. The number of amides is 1. The number of hydrogen-bond acceptors (Lipinski definition) is 5. The van der Waals surface area contributed by atoms with Gasteiger partial charge in [-0.3, -0.25) is 9.48 Å². The molecule has 3 heterocycles. The smallest absolute Gasteiger partial charge is 0.244 e. The molecular formula is C22H24N4O3S2. The number of hydrogen-bond donors (Lipinski definition) is 1. The normalized spacial score (nSPS) is 16.1. The van der Waals surface area contributed by atoms with Crippen LogP contribution in [0, 0.1) is 0 Å². The Hall–Kier alpha value is -2.75. The van der Waals surface area contributed by atoms with Crippen LogP contribution < -0.4 is 5.32 Å². The summed E-state index contributed by atoms with van der Waals surface area (Å²) in [5.74, 6) is -0.0659. The van der Waals surface area contributed by atoms with Gasteiger partial charge in [0.05, 0.1) is 17.2 Å². The summed E-state index contributed by atoms with van der Waals surface area (Å²) in [4.78, 5) is 13.3. The molecule has 1 N–H and O–H groups in total. The molecule has 0 atom stereocenters. The number of nitrogens with one attached hydrogen (secondary N) is 1. The molecular weight excluding hydrogens is 432 g/mol. The Balaban J connectivity index is 1.42. The first-order valence-electron chi connectivity index (χ1n) is 10.1. The Morgan fingerprint density at radius 1 is 1.19 bits per heavy atom. The highest BCUT2D eigenvalue weighted by atomic mass is 32.2. The number of sulfonamides is 1. The van der Waals surface area contributed by atoms with Gasteiger partial charge in [0.25, 0.3) is 0 Å². The molecule has 31 heavy (non-hydrogen) atoms. The zero-order valence-corrected chi connectivity index (χ0v) is 18.6. The van der Waals surface area contributed by atoms with Gasteiger partial charge in [0, 0.05) is 37.5 Å². The molecule has 7 nitrogen and oxygen atoms in total. The van der Waals surface area contributed by atoms with Crippen molar-refractivity contribution in [3.8, 4) is 10.6 Å². The second kappa shape index (κ2) is 9.59. The van der Waals surface area contributed by atoms with Crippen molar-refractivity contribution >= 4 is 33.3 Å². The Bertz CT molecular complexity index is 1150. The van der Waals surface area contributed by atoms with Crippen LogP contribution in [-0.4, -0.2) is 53.8 Å². The van der Waals surface area contributed by atoms with Gasteiger partial charge in [0.2, 0.25) is 15.9 Å². The maximum Gasteiger partial charge on any atom is 0.244 e. The third-order valence-corrected chi connectivity index (χ3v) is 7.84. The van der Waals surface area contributed by atoms with Crippen LogP contribution >= 0.6 is 11.3 Å². The van der Waals surface area contributed by atoms with E-state index in [1.807, 2.05) is 46.6 Å². The Kier molecular flexibility index (Phi) is 6.64. The number of carbonyl (C=O) groups is 1. The van der Waals surface area contributed by atoms with E-state index < -0.39 is 10.0 Å². The van der Waals surface area contributed by atoms with Crippen molar-refractivity contribution in [2.75, 3.05) is 25.4 Å². The third-order valence-electron chi connectivity index (χ3n) is 5.01. The molecule has 0 unspecified atom stereocenters. The molecule has 1 saturated heterocycles. The summed E-state index contributed by atoms with van der Waals surface area (Å²) in [6, 6.07) is 14.1. The summed E-state index contributed by atoms with van der Waals surface area (Å²) < 4.78 is 27.0. The summed E-state index contributed by atoms with van der Waals surface area (Å²) in [5, 5.41) is 9.49.